The van der Waals surface area contributed by atoms with E-state index in [0.717, 1.165) is 30.4 Å². The molecular weight excluding hydrogens is 408 g/mol. The van der Waals surface area contributed by atoms with Crippen LogP contribution in [-0.4, -0.2) is 31.7 Å². The van der Waals surface area contributed by atoms with E-state index < -0.39 is 10.0 Å². The first-order chi connectivity index (χ1) is 13.7. The molecule has 156 valence electrons. The minimum absolute atomic E-state index is 0.00622. The maximum Gasteiger partial charge on any atom is 0.251 e. The standard InChI is InChI=1S/C22H27ClN2O3S/c1-4-20(18-9-7-15(2)13-16(18)3)24-22(26)17-8-10-19(23)21(14-17)29(27,28)25-11-5-6-12-25/h7-10,13-14,20H,4-6,11-12H2,1-3H3,(H,24,26)/t20-/m0/s1. The Morgan fingerprint density at radius 3 is 2.45 bits per heavy atom. The number of rotatable bonds is 6. The molecule has 1 atom stereocenters. The molecule has 0 aliphatic carbocycles. The number of carbonyl (C=O) groups is 1. The SMILES string of the molecule is CC[C@H](NC(=O)c1ccc(Cl)c(S(=O)(=O)N2CCCC2)c1)c1ccc(C)cc1C. The van der Waals surface area contributed by atoms with Gasteiger partial charge in [-0.05, 0) is 62.4 Å². The van der Waals surface area contributed by atoms with Gasteiger partial charge in [0.25, 0.3) is 5.91 Å². The highest BCUT2D eigenvalue weighted by Gasteiger charge is 2.30. The zero-order valence-corrected chi connectivity index (χ0v) is 18.6. The fraction of sp³-hybridized carbons (Fsp3) is 0.409. The second kappa shape index (κ2) is 8.86. The first kappa shape index (κ1) is 21.8. The first-order valence-electron chi connectivity index (χ1n) is 9.91. The van der Waals surface area contributed by atoms with Crippen LogP contribution in [0.15, 0.2) is 41.3 Å². The summed E-state index contributed by atoms with van der Waals surface area (Å²) in [5.41, 5.74) is 3.63. The Morgan fingerprint density at radius 2 is 1.83 bits per heavy atom. The Hall–Kier alpha value is -1.89. The van der Waals surface area contributed by atoms with Crippen LogP contribution in [0.1, 0.15) is 59.3 Å². The van der Waals surface area contributed by atoms with E-state index in [2.05, 4.69) is 11.4 Å². The van der Waals surface area contributed by atoms with E-state index in [4.69, 9.17) is 11.6 Å². The largest absolute Gasteiger partial charge is 0.345 e. The summed E-state index contributed by atoms with van der Waals surface area (Å²) in [6, 6.07) is 10.4. The van der Waals surface area contributed by atoms with Crippen molar-refractivity contribution in [3.8, 4) is 0 Å². The Kier molecular flexibility index (Phi) is 6.66. The number of carbonyl (C=O) groups excluding carboxylic acids is 1. The number of sulfonamides is 1. The molecular formula is C22H27ClN2O3S. The molecule has 2 aromatic rings. The zero-order valence-electron chi connectivity index (χ0n) is 17.0. The molecule has 0 spiro atoms. The van der Waals surface area contributed by atoms with E-state index >= 15 is 0 Å². The van der Waals surface area contributed by atoms with Crippen LogP contribution in [0.25, 0.3) is 0 Å². The molecule has 1 aliphatic rings. The van der Waals surface area contributed by atoms with E-state index in [1.807, 2.05) is 32.9 Å². The second-order valence-corrected chi connectivity index (χ2v) is 9.86. The van der Waals surface area contributed by atoms with Crippen molar-refractivity contribution in [3.63, 3.8) is 0 Å². The van der Waals surface area contributed by atoms with Crippen molar-refractivity contribution < 1.29 is 13.2 Å². The number of hydrogen-bond acceptors (Lipinski definition) is 3. The average Bonchev–Trinajstić information content (AvgIpc) is 3.22. The molecule has 29 heavy (non-hydrogen) atoms. The summed E-state index contributed by atoms with van der Waals surface area (Å²) in [7, 11) is -3.70. The monoisotopic (exact) mass is 434 g/mol. The fourth-order valence-corrected chi connectivity index (χ4v) is 5.79. The molecule has 0 unspecified atom stereocenters. The minimum Gasteiger partial charge on any atom is -0.345 e. The van der Waals surface area contributed by atoms with Crippen molar-refractivity contribution in [1.82, 2.24) is 9.62 Å². The summed E-state index contributed by atoms with van der Waals surface area (Å²) in [6.45, 7) is 7.04. The Bertz CT molecular complexity index is 1010. The van der Waals surface area contributed by atoms with Crippen molar-refractivity contribution >= 4 is 27.5 Å². The van der Waals surface area contributed by atoms with Gasteiger partial charge < -0.3 is 5.32 Å². The van der Waals surface area contributed by atoms with Crippen molar-refractivity contribution in [3.05, 3.63) is 63.7 Å². The Labute approximate surface area is 178 Å². The number of hydrogen-bond donors (Lipinski definition) is 1. The van der Waals surface area contributed by atoms with E-state index in [1.54, 1.807) is 6.07 Å². The first-order valence-corrected chi connectivity index (χ1v) is 11.7. The molecule has 1 fully saturated rings. The minimum atomic E-state index is -3.70. The van der Waals surface area contributed by atoms with Crippen LogP contribution in [0.2, 0.25) is 5.02 Å². The van der Waals surface area contributed by atoms with Crippen LogP contribution >= 0.6 is 11.6 Å². The van der Waals surface area contributed by atoms with E-state index in [1.165, 1.54) is 22.0 Å². The third-order valence-electron chi connectivity index (χ3n) is 5.39. The molecule has 1 aliphatic heterocycles. The summed E-state index contributed by atoms with van der Waals surface area (Å²) < 4.78 is 27.3. The smallest absolute Gasteiger partial charge is 0.251 e. The lowest BCUT2D eigenvalue weighted by molar-refractivity contribution is 0.0935. The summed E-state index contributed by atoms with van der Waals surface area (Å²) >= 11 is 6.19. The van der Waals surface area contributed by atoms with Gasteiger partial charge in [0.05, 0.1) is 11.1 Å². The summed E-state index contributed by atoms with van der Waals surface area (Å²) in [5.74, 6) is -0.314. The van der Waals surface area contributed by atoms with Gasteiger partial charge in [0.15, 0.2) is 0 Å². The topological polar surface area (TPSA) is 66.5 Å². The highest BCUT2D eigenvalue weighted by atomic mass is 35.5. The second-order valence-electron chi connectivity index (χ2n) is 7.55. The van der Waals surface area contributed by atoms with Gasteiger partial charge in [-0.15, -0.1) is 0 Å². The molecule has 1 heterocycles. The number of benzene rings is 2. The van der Waals surface area contributed by atoms with Gasteiger partial charge in [0, 0.05) is 18.7 Å². The average molecular weight is 435 g/mol. The molecule has 3 rings (SSSR count). The number of nitrogens with one attached hydrogen (secondary N) is 1. The number of amides is 1. The number of halogens is 1. The molecule has 1 N–H and O–H groups in total. The van der Waals surface area contributed by atoms with Crippen LogP contribution < -0.4 is 5.32 Å². The maximum atomic E-state index is 12.9. The van der Waals surface area contributed by atoms with Gasteiger partial charge in [0.2, 0.25) is 10.0 Å². The van der Waals surface area contributed by atoms with Gasteiger partial charge in [-0.25, -0.2) is 8.42 Å². The maximum absolute atomic E-state index is 12.9. The normalized spacial score (nSPS) is 16.0. The van der Waals surface area contributed by atoms with Gasteiger partial charge in [-0.1, -0.05) is 42.3 Å². The molecule has 0 aromatic heterocycles. The molecule has 0 bridgehead atoms. The van der Waals surface area contributed by atoms with Crippen LogP contribution in [0.4, 0.5) is 0 Å². The van der Waals surface area contributed by atoms with Crippen LogP contribution in [-0.2, 0) is 10.0 Å². The number of aryl methyl sites for hydroxylation is 2. The highest BCUT2D eigenvalue weighted by Crippen LogP contribution is 2.29. The van der Waals surface area contributed by atoms with E-state index in [0.29, 0.717) is 13.1 Å². The van der Waals surface area contributed by atoms with E-state index in [-0.39, 0.29) is 27.4 Å². The lowest BCUT2D eigenvalue weighted by atomic mass is 9.97. The molecule has 1 amide bonds. The van der Waals surface area contributed by atoms with Crippen LogP contribution in [0.5, 0.6) is 0 Å². The van der Waals surface area contributed by atoms with Crippen molar-refractivity contribution in [2.45, 2.75) is 51.0 Å². The van der Waals surface area contributed by atoms with Crippen molar-refractivity contribution in [1.29, 1.82) is 0 Å². The lowest BCUT2D eigenvalue weighted by Crippen LogP contribution is -2.30. The fourth-order valence-electron chi connectivity index (χ4n) is 3.77. The van der Waals surface area contributed by atoms with Gasteiger partial charge in [-0.2, -0.15) is 4.31 Å². The summed E-state index contributed by atoms with van der Waals surface area (Å²) in [4.78, 5) is 12.9. The molecule has 2 aromatic carbocycles. The van der Waals surface area contributed by atoms with Crippen LogP contribution in [0.3, 0.4) is 0 Å². The molecule has 1 saturated heterocycles. The molecule has 0 radical (unpaired) electrons. The predicted octanol–water partition coefficient (Wildman–Crippen LogP) is 4.62. The highest BCUT2D eigenvalue weighted by molar-refractivity contribution is 7.89. The molecule has 5 nitrogen and oxygen atoms in total. The van der Waals surface area contributed by atoms with Crippen LogP contribution in [0, 0.1) is 13.8 Å². The lowest BCUT2D eigenvalue weighted by Gasteiger charge is -2.21. The summed E-state index contributed by atoms with van der Waals surface area (Å²) in [6.07, 6.45) is 2.40. The summed E-state index contributed by atoms with van der Waals surface area (Å²) in [5, 5.41) is 3.17. The van der Waals surface area contributed by atoms with Gasteiger partial charge in [0.1, 0.15) is 4.90 Å². The number of nitrogens with zero attached hydrogens (tertiary/aromatic N) is 1. The molecule has 7 heteroatoms. The van der Waals surface area contributed by atoms with E-state index in [9.17, 15) is 13.2 Å². The predicted molar refractivity (Wildman–Crippen MR) is 116 cm³/mol. The Balaban J connectivity index is 1.87. The third kappa shape index (κ3) is 4.65. The quantitative estimate of drug-likeness (QED) is 0.721. The van der Waals surface area contributed by atoms with Gasteiger partial charge in [-0.3, -0.25) is 4.79 Å². The van der Waals surface area contributed by atoms with Gasteiger partial charge >= 0.3 is 0 Å². The van der Waals surface area contributed by atoms with Crippen molar-refractivity contribution in [2.75, 3.05) is 13.1 Å². The third-order valence-corrected chi connectivity index (χ3v) is 7.77. The van der Waals surface area contributed by atoms with Crippen molar-refractivity contribution in [2.24, 2.45) is 0 Å². The molecule has 0 saturated carbocycles. The zero-order chi connectivity index (χ0) is 21.2. The Morgan fingerprint density at radius 1 is 1.14 bits per heavy atom.